The zero-order valence-electron chi connectivity index (χ0n) is 14.0. The number of rotatable bonds is 6. The van der Waals surface area contributed by atoms with E-state index >= 15 is 0 Å². The van der Waals surface area contributed by atoms with Gasteiger partial charge in [-0.25, -0.2) is 0 Å². The lowest BCUT2D eigenvalue weighted by Crippen LogP contribution is -2.56. The van der Waals surface area contributed by atoms with Crippen LogP contribution >= 0.6 is 0 Å². The molecule has 0 saturated carbocycles. The monoisotopic (exact) mass is 281 g/mol. The molecule has 1 aliphatic heterocycles. The van der Waals surface area contributed by atoms with E-state index in [9.17, 15) is 5.26 Å². The minimum Gasteiger partial charge on any atom is -0.370 e. The van der Waals surface area contributed by atoms with Crippen LogP contribution in [-0.4, -0.2) is 47.8 Å². The van der Waals surface area contributed by atoms with Crippen molar-refractivity contribution >= 4 is 0 Å². The van der Waals surface area contributed by atoms with Gasteiger partial charge in [-0.2, -0.15) is 5.26 Å². The van der Waals surface area contributed by atoms with Crippen LogP contribution in [0.15, 0.2) is 0 Å². The highest BCUT2D eigenvalue weighted by Gasteiger charge is 2.36. The summed E-state index contributed by atoms with van der Waals surface area (Å²) in [5, 5.41) is 12.8. The molecule has 1 saturated heterocycles. The lowest BCUT2D eigenvalue weighted by atomic mass is 9.92. The van der Waals surface area contributed by atoms with Crippen molar-refractivity contribution in [3.8, 4) is 6.07 Å². The molecule has 0 amide bonds. The first kappa shape index (κ1) is 17.4. The van der Waals surface area contributed by atoms with Crippen LogP contribution in [-0.2, 0) is 4.74 Å². The molecule has 1 aliphatic rings. The molecule has 1 N–H and O–H groups in total. The Labute approximate surface area is 124 Å². The van der Waals surface area contributed by atoms with E-state index in [1.54, 1.807) is 0 Å². The average molecular weight is 281 g/mol. The zero-order chi connectivity index (χ0) is 15.4. The molecule has 0 aromatic carbocycles. The van der Waals surface area contributed by atoms with Crippen LogP contribution in [0.4, 0.5) is 0 Å². The van der Waals surface area contributed by atoms with Crippen LogP contribution in [0.5, 0.6) is 0 Å². The Morgan fingerprint density at radius 3 is 2.70 bits per heavy atom. The van der Waals surface area contributed by atoms with E-state index in [1.807, 2.05) is 6.92 Å². The summed E-state index contributed by atoms with van der Waals surface area (Å²) < 4.78 is 5.95. The highest BCUT2D eigenvalue weighted by atomic mass is 16.5. The molecule has 0 aromatic heterocycles. The molecule has 4 nitrogen and oxygen atoms in total. The van der Waals surface area contributed by atoms with Crippen molar-refractivity contribution in [2.45, 2.75) is 77.7 Å². The second-order valence-electron chi connectivity index (χ2n) is 7.04. The van der Waals surface area contributed by atoms with E-state index in [4.69, 9.17) is 4.74 Å². The fraction of sp³-hybridized carbons (Fsp3) is 0.938. The summed E-state index contributed by atoms with van der Waals surface area (Å²) in [4.78, 5) is 2.46. The van der Waals surface area contributed by atoms with Gasteiger partial charge in [-0.3, -0.25) is 10.2 Å². The first-order valence-electron chi connectivity index (χ1n) is 7.79. The largest absolute Gasteiger partial charge is 0.370 e. The SMILES string of the molecule is CCCNC(C)(C#N)CC(C)N1CC(C)OC(C)(C)C1. The van der Waals surface area contributed by atoms with Gasteiger partial charge in [0.2, 0.25) is 0 Å². The molecule has 1 heterocycles. The molecular weight excluding hydrogens is 250 g/mol. The number of ether oxygens (including phenoxy) is 1. The highest BCUT2D eigenvalue weighted by molar-refractivity contribution is 5.05. The van der Waals surface area contributed by atoms with Crippen LogP contribution < -0.4 is 5.32 Å². The van der Waals surface area contributed by atoms with Crippen molar-refractivity contribution in [1.29, 1.82) is 5.26 Å². The average Bonchev–Trinajstić information content (AvgIpc) is 2.34. The molecule has 116 valence electrons. The Balaban J connectivity index is 2.65. The predicted molar refractivity (Wildman–Crippen MR) is 82.6 cm³/mol. The summed E-state index contributed by atoms with van der Waals surface area (Å²) >= 11 is 0. The highest BCUT2D eigenvalue weighted by Crippen LogP contribution is 2.25. The van der Waals surface area contributed by atoms with E-state index in [1.165, 1.54) is 0 Å². The molecule has 0 aromatic rings. The third-order valence-electron chi connectivity index (χ3n) is 3.93. The van der Waals surface area contributed by atoms with Gasteiger partial charge in [0.1, 0.15) is 5.54 Å². The van der Waals surface area contributed by atoms with Gasteiger partial charge in [-0.1, -0.05) is 6.92 Å². The minimum absolute atomic E-state index is 0.105. The van der Waals surface area contributed by atoms with Crippen LogP contribution in [0.3, 0.4) is 0 Å². The van der Waals surface area contributed by atoms with E-state index in [0.717, 1.165) is 32.5 Å². The Bertz CT molecular complexity index is 350. The molecule has 1 fully saturated rings. The molecule has 0 aliphatic carbocycles. The van der Waals surface area contributed by atoms with E-state index in [2.05, 4.69) is 50.9 Å². The fourth-order valence-electron chi connectivity index (χ4n) is 3.12. The molecule has 1 rings (SSSR count). The van der Waals surface area contributed by atoms with Gasteiger partial charge in [0.15, 0.2) is 0 Å². The lowest BCUT2D eigenvalue weighted by Gasteiger charge is -2.45. The fourth-order valence-corrected chi connectivity index (χ4v) is 3.12. The van der Waals surface area contributed by atoms with Gasteiger partial charge < -0.3 is 4.74 Å². The standard InChI is InChI=1S/C16H31N3O/c1-7-8-18-16(6,11-17)9-13(2)19-10-14(3)20-15(4,5)12-19/h13-14,18H,7-10,12H2,1-6H3. The number of morpholine rings is 1. The number of hydrogen-bond acceptors (Lipinski definition) is 4. The first-order valence-corrected chi connectivity index (χ1v) is 7.79. The first-order chi connectivity index (χ1) is 9.21. The van der Waals surface area contributed by atoms with Crippen LogP contribution in [0.25, 0.3) is 0 Å². The van der Waals surface area contributed by atoms with Crippen molar-refractivity contribution in [2.75, 3.05) is 19.6 Å². The molecule has 4 heteroatoms. The van der Waals surface area contributed by atoms with E-state index in [-0.39, 0.29) is 11.7 Å². The molecule has 0 bridgehead atoms. The Morgan fingerprint density at radius 1 is 1.55 bits per heavy atom. The summed E-state index contributed by atoms with van der Waals surface area (Å²) in [6, 6.07) is 2.82. The summed E-state index contributed by atoms with van der Waals surface area (Å²) in [6.45, 7) is 15.5. The molecular formula is C16H31N3O. The predicted octanol–water partition coefficient (Wildman–Crippen LogP) is 2.55. The molecule has 0 spiro atoms. The van der Waals surface area contributed by atoms with Gasteiger partial charge >= 0.3 is 0 Å². The second-order valence-corrected chi connectivity index (χ2v) is 7.04. The quantitative estimate of drug-likeness (QED) is 0.813. The Morgan fingerprint density at radius 2 is 2.20 bits per heavy atom. The zero-order valence-corrected chi connectivity index (χ0v) is 14.0. The smallest absolute Gasteiger partial charge is 0.105 e. The Kier molecular flexibility index (Phi) is 6.00. The summed E-state index contributed by atoms with van der Waals surface area (Å²) in [6.07, 6.45) is 2.14. The minimum atomic E-state index is -0.443. The van der Waals surface area contributed by atoms with Crippen molar-refractivity contribution in [3.63, 3.8) is 0 Å². The van der Waals surface area contributed by atoms with Gasteiger partial charge in [0.05, 0.1) is 17.8 Å². The lowest BCUT2D eigenvalue weighted by molar-refractivity contribution is -0.137. The third-order valence-corrected chi connectivity index (χ3v) is 3.93. The summed E-state index contributed by atoms with van der Waals surface area (Å²) in [7, 11) is 0. The molecule has 0 radical (unpaired) electrons. The van der Waals surface area contributed by atoms with Crippen LogP contribution in [0, 0.1) is 11.3 Å². The normalized spacial score (nSPS) is 27.6. The van der Waals surface area contributed by atoms with Crippen LogP contribution in [0.1, 0.15) is 54.4 Å². The topological polar surface area (TPSA) is 48.3 Å². The maximum absolute atomic E-state index is 9.46. The molecule has 20 heavy (non-hydrogen) atoms. The number of nitriles is 1. The molecule has 3 unspecified atom stereocenters. The van der Waals surface area contributed by atoms with E-state index < -0.39 is 5.54 Å². The Hall–Kier alpha value is -0.630. The van der Waals surface area contributed by atoms with Crippen molar-refractivity contribution < 1.29 is 4.74 Å². The van der Waals surface area contributed by atoms with Crippen molar-refractivity contribution in [2.24, 2.45) is 0 Å². The number of nitrogens with zero attached hydrogens (tertiary/aromatic N) is 2. The van der Waals surface area contributed by atoms with Gasteiger partial charge in [-0.05, 0) is 54.0 Å². The summed E-state index contributed by atoms with van der Waals surface area (Å²) in [5.74, 6) is 0. The number of nitrogens with one attached hydrogen (secondary N) is 1. The van der Waals surface area contributed by atoms with Crippen molar-refractivity contribution in [1.82, 2.24) is 10.2 Å². The second kappa shape index (κ2) is 6.89. The van der Waals surface area contributed by atoms with E-state index in [0.29, 0.717) is 6.04 Å². The summed E-state index contributed by atoms with van der Waals surface area (Å²) in [5.41, 5.74) is -0.549. The van der Waals surface area contributed by atoms with Gasteiger partial charge in [-0.15, -0.1) is 0 Å². The maximum atomic E-state index is 9.46. The molecule has 3 atom stereocenters. The van der Waals surface area contributed by atoms with Gasteiger partial charge in [0.25, 0.3) is 0 Å². The van der Waals surface area contributed by atoms with Gasteiger partial charge in [0, 0.05) is 19.1 Å². The number of hydrogen-bond donors (Lipinski definition) is 1. The van der Waals surface area contributed by atoms with Crippen LogP contribution in [0.2, 0.25) is 0 Å². The third kappa shape index (κ3) is 5.05. The van der Waals surface area contributed by atoms with Crippen molar-refractivity contribution in [3.05, 3.63) is 0 Å². The maximum Gasteiger partial charge on any atom is 0.105 e.